The van der Waals surface area contributed by atoms with Gasteiger partial charge in [0, 0.05) is 68.3 Å². The summed E-state index contributed by atoms with van der Waals surface area (Å²) in [4.78, 5) is 32.8. The monoisotopic (exact) mass is 475 g/mol. The van der Waals surface area contributed by atoms with Gasteiger partial charge in [-0.05, 0) is 31.0 Å². The van der Waals surface area contributed by atoms with Crippen molar-refractivity contribution >= 4 is 17.5 Å². The molecular formula is C26H33N7O2. The fourth-order valence-corrected chi connectivity index (χ4v) is 4.96. The lowest BCUT2D eigenvalue weighted by molar-refractivity contribution is 0.0706. The van der Waals surface area contributed by atoms with Crippen molar-refractivity contribution < 1.29 is 9.59 Å². The Morgan fingerprint density at radius 1 is 1.00 bits per heavy atom. The Kier molecular flexibility index (Phi) is 6.32. The molecule has 2 aliphatic heterocycles. The quantitative estimate of drug-likeness (QED) is 0.613. The molecule has 0 bridgehead atoms. The maximum atomic E-state index is 13.6. The molecule has 0 saturated carbocycles. The number of fused-ring (bicyclic) bond motifs is 1. The lowest BCUT2D eigenvalue weighted by Crippen LogP contribution is -2.49. The zero-order valence-corrected chi connectivity index (χ0v) is 20.7. The second kappa shape index (κ2) is 9.56. The molecule has 0 aliphatic carbocycles. The third kappa shape index (κ3) is 4.42. The molecular weight excluding hydrogens is 442 g/mol. The Hall–Kier alpha value is -3.62. The number of hydrogen-bond acceptors (Lipinski definition) is 5. The molecule has 1 N–H and O–H groups in total. The molecule has 1 fully saturated rings. The fourth-order valence-electron chi connectivity index (χ4n) is 4.96. The molecule has 0 spiro atoms. The van der Waals surface area contributed by atoms with Crippen molar-refractivity contribution in [3.8, 4) is 0 Å². The Morgan fingerprint density at radius 3 is 2.40 bits per heavy atom. The van der Waals surface area contributed by atoms with Crippen LogP contribution in [0.3, 0.4) is 0 Å². The van der Waals surface area contributed by atoms with E-state index < -0.39 is 0 Å². The van der Waals surface area contributed by atoms with Gasteiger partial charge < -0.3 is 14.7 Å². The molecule has 2 aromatic heterocycles. The van der Waals surface area contributed by atoms with Crippen LogP contribution in [0.5, 0.6) is 0 Å². The summed E-state index contributed by atoms with van der Waals surface area (Å²) in [6.07, 6.45) is 0.679. The highest BCUT2D eigenvalue weighted by molar-refractivity contribution is 5.95. The molecule has 1 saturated heterocycles. The minimum absolute atomic E-state index is 0.0441. The molecule has 0 atom stereocenters. The number of anilines is 1. The number of piperazine rings is 1. The van der Waals surface area contributed by atoms with E-state index in [9.17, 15) is 9.59 Å². The lowest BCUT2D eigenvalue weighted by atomic mass is 10.0. The number of nitrogens with one attached hydrogen (secondary N) is 1. The molecule has 184 valence electrons. The van der Waals surface area contributed by atoms with Gasteiger partial charge in [-0.2, -0.15) is 10.2 Å². The van der Waals surface area contributed by atoms with Crippen molar-refractivity contribution in [2.45, 2.75) is 46.2 Å². The lowest BCUT2D eigenvalue weighted by Gasteiger charge is -2.36. The zero-order chi connectivity index (χ0) is 24.5. The number of H-pyrrole nitrogens is 1. The summed E-state index contributed by atoms with van der Waals surface area (Å²) in [6, 6.07) is 12.1. The molecule has 3 aromatic rings. The normalized spacial score (nSPS) is 16.1. The van der Waals surface area contributed by atoms with Crippen LogP contribution in [0.15, 0.2) is 36.4 Å². The van der Waals surface area contributed by atoms with Crippen LogP contribution in [0.4, 0.5) is 5.69 Å². The first-order valence-corrected chi connectivity index (χ1v) is 12.5. The standard InChI is InChI=1S/C26H33N7O2/c1-4-33-23-10-11-32(25(34)22-16-21(18(2)3)27-28-22)17-20(23)24(29-33)26(35)31-14-12-30(13-15-31)19-8-6-5-7-9-19/h5-9,16,18H,4,10-15,17H2,1-3H3,(H,27,28). The zero-order valence-electron chi connectivity index (χ0n) is 20.7. The Bertz CT molecular complexity index is 1210. The molecule has 0 unspecified atom stereocenters. The smallest absolute Gasteiger partial charge is 0.274 e. The molecule has 4 heterocycles. The highest BCUT2D eigenvalue weighted by Crippen LogP contribution is 2.26. The third-order valence-corrected chi connectivity index (χ3v) is 7.05. The van der Waals surface area contributed by atoms with Crippen LogP contribution in [0.1, 0.15) is 64.6 Å². The highest BCUT2D eigenvalue weighted by Gasteiger charge is 2.33. The summed E-state index contributed by atoms with van der Waals surface area (Å²) in [6.45, 7) is 10.7. The van der Waals surface area contributed by atoms with Crippen molar-refractivity contribution in [2.75, 3.05) is 37.6 Å². The number of carbonyl (C=O) groups is 2. The van der Waals surface area contributed by atoms with Crippen LogP contribution in [0.25, 0.3) is 0 Å². The predicted octanol–water partition coefficient (Wildman–Crippen LogP) is 2.91. The van der Waals surface area contributed by atoms with Crippen molar-refractivity contribution in [3.05, 3.63) is 64.7 Å². The average Bonchev–Trinajstić information content (AvgIpc) is 3.54. The van der Waals surface area contributed by atoms with Crippen LogP contribution in [0.2, 0.25) is 0 Å². The number of aromatic nitrogens is 4. The maximum Gasteiger partial charge on any atom is 0.274 e. The Labute approximate surface area is 205 Å². The van der Waals surface area contributed by atoms with Gasteiger partial charge in [0.25, 0.3) is 11.8 Å². The third-order valence-electron chi connectivity index (χ3n) is 7.05. The van der Waals surface area contributed by atoms with Gasteiger partial charge in [-0.3, -0.25) is 19.4 Å². The van der Waals surface area contributed by atoms with Gasteiger partial charge >= 0.3 is 0 Å². The first-order valence-electron chi connectivity index (χ1n) is 12.5. The molecule has 9 heteroatoms. The van der Waals surface area contributed by atoms with Crippen LogP contribution in [-0.4, -0.2) is 74.3 Å². The Morgan fingerprint density at radius 2 is 1.74 bits per heavy atom. The minimum Gasteiger partial charge on any atom is -0.368 e. The van der Waals surface area contributed by atoms with Gasteiger partial charge in [0.05, 0.1) is 6.54 Å². The second-order valence-electron chi connectivity index (χ2n) is 9.54. The topological polar surface area (TPSA) is 90.4 Å². The van der Waals surface area contributed by atoms with Crippen molar-refractivity contribution in [2.24, 2.45) is 0 Å². The number of rotatable bonds is 5. The number of amides is 2. The Balaban J connectivity index is 1.33. The molecule has 0 radical (unpaired) electrons. The summed E-state index contributed by atoms with van der Waals surface area (Å²) in [7, 11) is 0. The number of nitrogens with zero attached hydrogens (tertiary/aromatic N) is 6. The molecule has 2 aliphatic rings. The van der Waals surface area contributed by atoms with Crippen molar-refractivity contribution in [3.63, 3.8) is 0 Å². The summed E-state index contributed by atoms with van der Waals surface area (Å²) >= 11 is 0. The van der Waals surface area contributed by atoms with E-state index in [0.29, 0.717) is 50.5 Å². The minimum atomic E-state index is -0.113. The van der Waals surface area contributed by atoms with Gasteiger partial charge in [-0.1, -0.05) is 32.0 Å². The highest BCUT2D eigenvalue weighted by atomic mass is 16.2. The van der Waals surface area contributed by atoms with Crippen LogP contribution in [-0.2, 0) is 19.5 Å². The fraction of sp³-hybridized carbons (Fsp3) is 0.462. The van der Waals surface area contributed by atoms with E-state index in [1.54, 1.807) is 4.90 Å². The van der Waals surface area contributed by atoms with E-state index in [4.69, 9.17) is 5.10 Å². The number of benzene rings is 1. The van der Waals surface area contributed by atoms with Gasteiger partial charge in [0.1, 0.15) is 5.69 Å². The van der Waals surface area contributed by atoms with Gasteiger partial charge in [0.15, 0.2) is 5.69 Å². The maximum absolute atomic E-state index is 13.6. The summed E-state index contributed by atoms with van der Waals surface area (Å²) in [5.74, 6) is 0.113. The van der Waals surface area contributed by atoms with Crippen LogP contribution >= 0.6 is 0 Å². The van der Waals surface area contributed by atoms with E-state index >= 15 is 0 Å². The van der Waals surface area contributed by atoms with Crippen molar-refractivity contribution in [1.29, 1.82) is 0 Å². The number of carbonyl (C=O) groups excluding carboxylic acids is 2. The summed E-state index contributed by atoms with van der Waals surface area (Å²) in [5.41, 5.74) is 4.97. The van der Waals surface area contributed by atoms with Gasteiger partial charge in [0.2, 0.25) is 0 Å². The number of hydrogen-bond donors (Lipinski definition) is 1. The molecule has 1 aromatic carbocycles. The summed E-state index contributed by atoms with van der Waals surface area (Å²) in [5, 5.41) is 11.9. The number of para-hydroxylation sites is 1. The van der Waals surface area contributed by atoms with Crippen molar-refractivity contribution in [1.82, 2.24) is 29.8 Å². The van der Waals surface area contributed by atoms with E-state index in [1.165, 1.54) is 5.69 Å². The van der Waals surface area contributed by atoms with Gasteiger partial charge in [-0.15, -0.1) is 0 Å². The largest absolute Gasteiger partial charge is 0.368 e. The first-order chi connectivity index (χ1) is 17.0. The second-order valence-corrected chi connectivity index (χ2v) is 9.54. The summed E-state index contributed by atoms with van der Waals surface area (Å²) < 4.78 is 1.93. The molecule has 9 nitrogen and oxygen atoms in total. The average molecular weight is 476 g/mol. The molecule has 35 heavy (non-hydrogen) atoms. The van der Waals surface area contributed by atoms with E-state index in [1.807, 2.05) is 40.8 Å². The number of aryl methyl sites for hydroxylation is 1. The first kappa shape index (κ1) is 23.1. The SMILES string of the molecule is CCn1nc(C(=O)N2CCN(c3ccccc3)CC2)c2c1CCN(C(=O)c1cc(C(C)C)[nH]n1)C2. The number of aromatic amines is 1. The molecule has 2 amide bonds. The van der Waals surface area contributed by atoms with Crippen LogP contribution < -0.4 is 4.90 Å². The van der Waals surface area contributed by atoms with E-state index in [-0.39, 0.29) is 17.7 Å². The predicted molar refractivity (Wildman–Crippen MR) is 134 cm³/mol. The van der Waals surface area contributed by atoms with Gasteiger partial charge in [-0.25, -0.2) is 0 Å². The van der Waals surface area contributed by atoms with E-state index in [0.717, 1.165) is 30.0 Å². The van der Waals surface area contributed by atoms with E-state index in [2.05, 4.69) is 41.1 Å². The molecule has 5 rings (SSSR count). The van der Waals surface area contributed by atoms with Crippen LogP contribution in [0, 0.1) is 0 Å².